The molecule has 0 bridgehead atoms. The molecule has 0 aromatic heterocycles. The molecule has 2 heterocycles. The van der Waals surface area contributed by atoms with Gasteiger partial charge >= 0.3 is 0 Å². The van der Waals surface area contributed by atoms with E-state index in [-0.39, 0.29) is 0 Å². The molecule has 2 rings (SSSR count). The summed E-state index contributed by atoms with van der Waals surface area (Å²) in [4.78, 5) is 2.65. The summed E-state index contributed by atoms with van der Waals surface area (Å²) >= 11 is 2.08. The summed E-state index contributed by atoms with van der Waals surface area (Å²) in [5.41, 5.74) is 6.37. The first kappa shape index (κ1) is 12.7. The summed E-state index contributed by atoms with van der Waals surface area (Å²) in [6, 6.07) is 0. The van der Waals surface area contributed by atoms with E-state index in [0.717, 1.165) is 19.1 Å². The van der Waals surface area contributed by atoms with Gasteiger partial charge in [0.1, 0.15) is 0 Å². The highest BCUT2D eigenvalue weighted by Gasteiger charge is 2.40. The van der Waals surface area contributed by atoms with Gasteiger partial charge in [-0.1, -0.05) is 0 Å². The first-order valence-electron chi connectivity index (χ1n) is 6.32. The Morgan fingerprint density at radius 2 is 2.19 bits per heavy atom. The lowest BCUT2D eigenvalue weighted by Gasteiger charge is -2.44. The highest BCUT2D eigenvalue weighted by molar-refractivity contribution is 7.99. The average molecular weight is 244 g/mol. The SMILES string of the molecule is COCC1CCN(C2(CN)CCSCC2)C1. The topological polar surface area (TPSA) is 38.5 Å². The Bertz CT molecular complexity index is 219. The van der Waals surface area contributed by atoms with Crippen LogP contribution in [0.15, 0.2) is 0 Å². The molecule has 0 aromatic carbocycles. The van der Waals surface area contributed by atoms with Gasteiger partial charge in [-0.2, -0.15) is 11.8 Å². The van der Waals surface area contributed by atoms with Crippen LogP contribution in [0.3, 0.4) is 0 Å². The van der Waals surface area contributed by atoms with Gasteiger partial charge in [-0.15, -0.1) is 0 Å². The third kappa shape index (κ3) is 2.55. The number of hydrogen-bond donors (Lipinski definition) is 1. The van der Waals surface area contributed by atoms with Crippen molar-refractivity contribution in [3.05, 3.63) is 0 Å². The molecule has 0 amide bonds. The number of nitrogens with zero attached hydrogens (tertiary/aromatic N) is 1. The summed E-state index contributed by atoms with van der Waals surface area (Å²) in [7, 11) is 1.80. The second-order valence-corrected chi connectivity index (χ2v) is 6.32. The second kappa shape index (κ2) is 5.71. The van der Waals surface area contributed by atoms with Gasteiger partial charge in [-0.05, 0) is 43.2 Å². The van der Waals surface area contributed by atoms with Crippen LogP contribution in [0.5, 0.6) is 0 Å². The maximum absolute atomic E-state index is 6.06. The van der Waals surface area contributed by atoms with Crippen LogP contribution in [-0.4, -0.2) is 55.3 Å². The molecule has 2 fully saturated rings. The van der Waals surface area contributed by atoms with Crippen LogP contribution < -0.4 is 5.73 Å². The zero-order valence-electron chi connectivity index (χ0n) is 10.3. The van der Waals surface area contributed by atoms with Crippen LogP contribution >= 0.6 is 11.8 Å². The predicted octanol–water partition coefficient (Wildman–Crippen LogP) is 1.18. The highest BCUT2D eigenvalue weighted by atomic mass is 32.2. The van der Waals surface area contributed by atoms with Gasteiger partial charge in [0.2, 0.25) is 0 Å². The molecule has 1 atom stereocenters. The largest absolute Gasteiger partial charge is 0.384 e. The van der Waals surface area contributed by atoms with Crippen molar-refractivity contribution in [2.24, 2.45) is 11.7 Å². The lowest BCUT2D eigenvalue weighted by atomic mass is 9.90. The van der Waals surface area contributed by atoms with Gasteiger partial charge < -0.3 is 10.5 Å². The van der Waals surface area contributed by atoms with Gasteiger partial charge in [-0.3, -0.25) is 4.90 Å². The Labute approximate surface area is 103 Å². The zero-order valence-corrected chi connectivity index (χ0v) is 11.1. The van der Waals surface area contributed by atoms with Crippen LogP contribution in [0.2, 0.25) is 0 Å². The van der Waals surface area contributed by atoms with Gasteiger partial charge in [0.15, 0.2) is 0 Å². The summed E-state index contributed by atoms with van der Waals surface area (Å²) in [6.45, 7) is 4.14. The van der Waals surface area contributed by atoms with Gasteiger partial charge in [0.25, 0.3) is 0 Å². The smallest absolute Gasteiger partial charge is 0.0503 e. The van der Waals surface area contributed by atoms with Crippen LogP contribution in [-0.2, 0) is 4.74 Å². The molecular formula is C12H24N2OS. The van der Waals surface area contributed by atoms with E-state index in [2.05, 4.69) is 16.7 Å². The van der Waals surface area contributed by atoms with Gasteiger partial charge in [-0.25, -0.2) is 0 Å². The molecule has 4 heteroatoms. The third-order valence-electron chi connectivity index (χ3n) is 4.16. The van der Waals surface area contributed by atoms with Crippen molar-refractivity contribution in [3.8, 4) is 0 Å². The molecule has 2 saturated heterocycles. The maximum atomic E-state index is 6.06. The fourth-order valence-corrected chi connectivity index (χ4v) is 4.29. The first-order chi connectivity index (χ1) is 7.80. The molecule has 3 nitrogen and oxygen atoms in total. The third-order valence-corrected chi connectivity index (χ3v) is 5.15. The summed E-state index contributed by atoms with van der Waals surface area (Å²) < 4.78 is 5.27. The first-order valence-corrected chi connectivity index (χ1v) is 7.48. The molecule has 94 valence electrons. The monoisotopic (exact) mass is 244 g/mol. The fraction of sp³-hybridized carbons (Fsp3) is 1.00. The minimum atomic E-state index is 0.313. The minimum Gasteiger partial charge on any atom is -0.384 e. The van der Waals surface area contributed by atoms with E-state index in [1.165, 1.54) is 43.9 Å². The lowest BCUT2D eigenvalue weighted by Crippen LogP contribution is -2.55. The van der Waals surface area contributed by atoms with Crippen molar-refractivity contribution in [3.63, 3.8) is 0 Å². The van der Waals surface area contributed by atoms with Gasteiger partial charge in [0.05, 0.1) is 6.61 Å². The van der Waals surface area contributed by atoms with E-state index in [9.17, 15) is 0 Å². The van der Waals surface area contributed by atoms with Crippen molar-refractivity contribution in [2.75, 3.05) is 44.9 Å². The number of ether oxygens (including phenoxy) is 1. The van der Waals surface area contributed by atoms with Crippen molar-refractivity contribution in [1.29, 1.82) is 0 Å². The molecule has 0 radical (unpaired) electrons. The molecule has 2 aliphatic heterocycles. The highest BCUT2D eigenvalue weighted by Crippen LogP contribution is 2.35. The Balaban J connectivity index is 1.94. The van der Waals surface area contributed by atoms with Crippen LogP contribution in [0.1, 0.15) is 19.3 Å². The quantitative estimate of drug-likeness (QED) is 0.806. The fourth-order valence-electron chi connectivity index (χ4n) is 3.04. The number of nitrogens with two attached hydrogens (primary N) is 1. The van der Waals surface area contributed by atoms with E-state index in [4.69, 9.17) is 10.5 Å². The standard InChI is InChI=1S/C12H24N2OS/c1-15-9-11-2-5-14(8-11)12(10-13)3-6-16-7-4-12/h11H,2-10,13H2,1H3. The van der Waals surface area contributed by atoms with Gasteiger partial charge in [0, 0.05) is 25.7 Å². The molecular weight excluding hydrogens is 220 g/mol. The van der Waals surface area contributed by atoms with Crippen molar-refractivity contribution >= 4 is 11.8 Å². The maximum Gasteiger partial charge on any atom is 0.0503 e. The molecule has 16 heavy (non-hydrogen) atoms. The summed E-state index contributed by atoms with van der Waals surface area (Å²) in [6.07, 6.45) is 3.82. The molecule has 0 aromatic rings. The van der Waals surface area contributed by atoms with Crippen molar-refractivity contribution < 1.29 is 4.74 Å². The number of methoxy groups -OCH3 is 1. The van der Waals surface area contributed by atoms with Crippen LogP contribution in [0, 0.1) is 5.92 Å². The summed E-state index contributed by atoms with van der Waals surface area (Å²) in [5.74, 6) is 3.29. The molecule has 2 aliphatic rings. The summed E-state index contributed by atoms with van der Waals surface area (Å²) in [5, 5.41) is 0. The van der Waals surface area contributed by atoms with Crippen molar-refractivity contribution in [1.82, 2.24) is 4.90 Å². The van der Waals surface area contributed by atoms with E-state index >= 15 is 0 Å². The Hall–Kier alpha value is 0.230. The second-order valence-electron chi connectivity index (χ2n) is 5.10. The Morgan fingerprint density at radius 1 is 1.44 bits per heavy atom. The van der Waals surface area contributed by atoms with Crippen molar-refractivity contribution in [2.45, 2.75) is 24.8 Å². The molecule has 2 N–H and O–H groups in total. The van der Waals surface area contributed by atoms with E-state index in [1.54, 1.807) is 7.11 Å². The molecule has 0 spiro atoms. The predicted molar refractivity (Wildman–Crippen MR) is 69.9 cm³/mol. The Morgan fingerprint density at radius 3 is 2.81 bits per heavy atom. The number of rotatable bonds is 4. The molecule has 1 unspecified atom stereocenters. The average Bonchev–Trinajstić information content (AvgIpc) is 2.80. The molecule has 0 aliphatic carbocycles. The Kier molecular flexibility index (Phi) is 4.53. The normalized spacial score (nSPS) is 30.8. The lowest BCUT2D eigenvalue weighted by molar-refractivity contribution is 0.0956. The van der Waals surface area contributed by atoms with E-state index in [0.29, 0.717) is 5.54 Å². The van der Waals surface area contributed by atoms with Crippen LogP contribution in [0.4, 0.5) is 0 Å². The van der Waals surface area contributed by atoms with E-state index < -0.39 is 0 Å². The molecule has 0 saturated carbocycles. The van der Waals surface area contributed by atoms with Crippen LogP contribution in [0.25, 0.3) is 0 Å². The number of likely N-dealkylation sites (tertiary alicyclic amines) is 1. The zero-order chi connectivity index (χ0) is 11.4. The minimum absolute atomic E-state index is 0.313. The number of hydrogen-bond acceptors (Lipinski definition) is 4. The van der Waals surface area contributed by atoms with E-state index in [1.807, 2.05) is 0 Å². The number of thioether (sulfide) groups is 1.